The van der Waals surface area contributed by atoms with E-state index in [1.54, 1.807) is 7.05 Å². The Hall–Kier alpha value is -1.04. The van der Waals surface area contributed by atoms with Gasteiger partial charge in [-0.1, -0.05) is 0 Å². The van der Waals surface area contributed by atoms with Gasteiger partial charge in [0.1, 0.15) is 11.6 Å². The fraction of sp³-hybridized carbons (Fsp3) is 0.600. The molecule has 0 bridgehead atoms. The summed E-state index contributed by atoms with van der Waals surface area (Å²) in [6.07, 6.45) is -0.114. The van der Waals surface area contributed by atoms with Crippen LogP contribution in [0.1, 0.15) is 25.5 Å². The number of rotatable bonds is 4. The van der Waals surface area contributed by atoms with Gasteiger partial charge in [0, 0.05) is 25.2 Å². The third-order valence-corrected chi connectivity index (χ3v) is 3.78. The Balaban J connectivity index is 2.18. The van der Waals surface area contributed by atoms with Crippen molar-refractivity contribution in [2.45, 2.75) is 32.0 Å². The number of halogens is 2. The Morgan fingerprint density at radius 1 is 1.25 bits per heavy atom. The second-order valence-corrected chi connectivity index (χ2v) is 5.47. The van der Waals surface area contributed by atoms with Crippen molar-refractivity contribution in [2.24, 2.45) is 0 Å². The Morgan fingerprint density at radius 2 is 1.90 bits per heavy atom. The zero-order valence-electron chi connectivity index (χ0n) is 12.2. The number of nitrogens with zero attached hydrogens (tertiary/aromatic N) is 1. The zero-order chi connectivity index (χ0) is 14.7. The van der Waals surface area contributed by atoms with E-state index in [2.05, 4.69) is 24.1 Å². The van der Waals surface area contributed by atoms with Crippen molar-refractivity contribution in [3.05, 3.63) is 35.4 Å². The van der Waals surface area contributed by atoms with Crippen LogP contribution in [0.15, 0.2) is 18.2 Å². The molecule has 20 heavy (non-hydrogen) atoms. The highest BCUT2D eigenvalue weighted by atomic mass is 19.1. The first-order valence-corrected chi connectivity index (χ1v) is 7.00. The minimum absolute atomic E-state index is 0.114. The molecule has 0 aromatic heterocycles. The van der Waals surface area contributed by atoms with E-state index in [0.717, 1.165) is 19.2 Å². The highest BCUT2D eigenvalue weighted by molar-refractivity contribution is 5.23. The molecule has 0 saturated carbocycles. The van der Waals surface area contributed by atoms with Crippen molar-refractivity contribution in [3.8, 4) is 0 Å². The van der Waals surface area contributed by atoms with Crippen LogP contribution in [0.25, 0.3) is 0 Å². The average Bonchev–Trinajstić information content (AvgIpc) is 2.39. The van der Waals surface area contributed by atoms with Crippen LogP contribution in [0.4, 0.5) is 8.78 Å². The molecule has 2 rings (SSSR count). The van der Waals surface area contributed by atoms with Gasteiger partial charge in [0.2, 0.25) is 0 Å². The normalized spacial score (nSPS) is 22.2. The summed E-state index contributed by atoms with van der Waals surface area (Å²) in [6.45, 7) is 6.56. The lowest BCUT2D eigenvalue weighted by atomic mass is 9.99. The zero-order valence-corrected chi connectivity index (χ0v) is 12.2. The standard InChI is InChI=1S/C15H22F2N2O/c1-10(2)19-4-5-20-14(9-19)15(18-3)11-6-12(16)8-13(17)7-11/h6-8,10,14-15,18H,4-5,9H2,1-3H3. The van der Waals surface area contributed by atoms with Crippen LogP contribution in [0.3, 0.4) is 0 Å². The first-order chi connectivity index (χ1) is 9.51. The summed E-state index contributed by atoms with van der Waals surface area (Å²) < 4.78 is 32.6. The fourth-order valence-corrected chi connectivity index (χ4v) is 2.69. The van der Waals surface area contributed by atoms with E-state index < -0.39 is 11.6 Å². The lowest BCUT2D eigenvalue weighted by Gasteiger charge is -2.39. The Morgan fingerprint density at radius 3 is 2.45 bits per heavy atom. The molecule has 5 heteroatoms. The van der Waals surface area contributed by atoms with Gasteiger partial charge in [-0.15, -0.1) is 0 Å². The SMILES string of the molecule is CNC(c1cc(F)cc(F)c1)C1CN(C(C)C)CCO1. The topological polar surface area (TPSA) is 24.5 Å². The van der Waals surface area contributed by atoms with Gasteiger partial charge in [-0.05, 0) is 38.6 Å². The van der Waals surface area contributed by atoms with Crippen molar-refractivity contribution >= 4 is 0 Å². The van der Waals surface area contributed by atoms with E-state index in [0.29, 0.717) is 18.2 Å². The summed E-state index contributed by atoms with van der Waals surface area (Å²) in [5.41, 5.74) is 0.584. The molecule has 0 radical (unpaired) electrons. The van der Waals surface area contributed by atoms with Crippen molar-refractivity contribution in [1.29, 1.82) is 0 Å². The first-order valence-electron chi connectivity index (χ1n) is 7.00. The highest BCUT2D eigenvalue weighted by Gasteiger charge is 2.29. The number of morpholine rings is 1. The third-order valence-electron chi connectivity index (χ3n) is 3.78. The van der Waals surface area contributed by atoms with Crippen LogP contribution in [0.2, 0.25) is 0 Å². The quantitative estimate of drug-likeness (QED) is 0.918. The second kappa shape index (κ2) is 6.61. The molecule has 1 N–H and O–H groups in total. The minimum atomic E-state index is -0.559. The Labute approximate surface area is 118 Å². The van der Waals surface area contributed by atoms with Crippen molar-refractivity contribution < 1.29 is 13.5 Å². The van der Waals surface area contributed by atoms with Crippen molar-refractivity contribution in [3.63, 3.8) is 0 Å². The highest BCUT2D eigenvalue weighted by Crippen LogP contribution is 2.24. The van der Waals surface area contributed by atoms with Gasteiger partial charge in [0.15, 0.2) is 0 Å². The number of hydrogen-bond acceptors (Lipinski definition) is 3. The summed E-state index contributed by atoms with van der Waals surface area (Å²) >= 11 is 0. The number of benzene rings is 1. The van der Waals surface area contributed by atoms with Crippen LogP contribution in [0.5, 0.6) is 0 Å². The molecule has 0 spiro atoms. The maximum atomic E-state index is 13.4. The summed E-state index contributed by atoms with van der Waals surface area (Å²) in [7, 11) is 1.78. The smallest absolute Gasteiger partial charge is 0.126 e. The van der Waals surface area contributed by atoms with Gasteiger partial charge in [-0.2, -0.15) is 0 Å². The molecule has 3 nitrogen and oxygen atoms in total. The van der Waals surface area contributed by atoms with Crippen LogP contribution in [-0.4, -0.2) is 43.8 Å². The molecule has 1 aliphatic rings. The van der Waals surface area contributed by atoms with Crippen molar-refractivity contribution in [1.82, 2.24) is 10.2 Å². The van der Waals surface area contributed by atoms with E-state index in [1.165, 1.54) is 12.1 Å². The molecule has 1 aromatic rings. The van der Waals surface area contributed by atoms with Crippen molar-refractivity contribution in [2.75, 3.05) is 26.7 Å². The number of nitrogens with one attached hydrogen (secondary N) is 1. The predicted octanol–water partition coefficient (Wildman–Crippen LogP) is 2.33. The van der Waals surface area contributed by atoms with E-state index in [9.17, 15) is 8.78 Å². The molecule has 1 aliphatic heterocycles. The average molecular weight is 284 g/mol. The fourth-order valence-electron chi connectivity index (χ4n) is 2.69. The molecule has 1 fully saturated rings. The maximum absolute atomic E-state index is 13.4. The molecule has 1 heterocycles. The molecule has 112 valence electrons. The van der Waals surface area contributed by atoms with Gasteiger partial charge in [0.25, 0.3) is 0 Å². The summed E-state index contributed by atoms with van der Waals surface area (Å²) in [6, 6.07) is 3.83. The molecular weight excluding hydrogens is 262 g/mol. The van der Waals surface area contributed by atoms with E-state index in [4.69, 9.17) is 4.74 Å². The lowest BCUT2D eigenvalue weighted by molar-refractivity contribution is -0.0550. The van der Waals surface area contributed by atoms with Crippen LogP contribution in [-0.2, 0) is 4.74 Å². The monoisotopic (exact) mass is 284 g/mol. The van der Waals surface area contributed by atoms with E-state index in [-0.39, 0.29) is 12.1 Å². The minimum Gasteiger partial charge on any atom is -0.374 e. The van der Waals surface area contributed by atoms with E-state index in [1.807, 2.05) is 0 Å². The number of likely N-dealkylation sites (N-methyl/N-ethyl adjacent to an activating group) is 1. The van der Waals surface area contributed by atoms with Crippen LogP contribution < -0.4 is 5.32 Å². The third kappa shape index (κ3) is 3.53. The Bertz CT molecular complexity index is 433. The van der Waals surface area contributed by atoms with Gasteiger partial charge < -0.3 is 10.1 Å². The van der Waals surface area contributed by atoms with Gasteiger partial charge >= 0.3 is 0 Å². The van der Waals surface area contributed by atoms with Gasteiger partial charge in [-0.25, -0.2) is 8.78 Å². The number of ether oxygens (including phenoxy) is 1. The molecule has 0 aliphatic carbocycles. The summed E-state index contributed by atoms with van der Waals surface area (Å²) in [4.78, 5) is 2.31. The predicted molar refractivity (Wildman–Crippen MR) is 74.6 cm³/mol. The molecule has 1 saturated heterocycles. The molecule has 0 amide bonds. The second-order valence-electron chi connectivity index (χ2n) is 5.47. The molecular formula is C15H22F2N2O. The van der Waals surface area contributed by atoms with E-state index >= 15 is 0 Å². The summed E-state index contributed by atoms with van der Waals surface area (Å²) in [5.74, 6) is -1.12. The molecule has 2 unspecified atom stereocenters. The summed E-state index contributed by atoms with van der Waals surface area (Å²) in [5, 5.41) is 3.12. The number of hydrogen-bond donors (Lipinski definition) is 1. The van der Waals surface area contributed by atoms with Crippen LogP contribution in [0, 0.1) is 11.6 Å². The lowest BCUT2D eigenvalue weighted by Crippen LogP contribution is -2.49. The van der Waals surface area contributed by atoms with Gasteiger partial charge in [0.05, 0.1) is 18.8 Å². The Kier molecular flexibility index (Phi) is 5.07. The first kappa shape index (κ1) is 15.4. The van der Waals surface area contributed by atoms with Crippen LogP contribution >= 0.6 is 0 Å². The maximum Gasteiger partial charge on any atom is 0.126 e. The van der Waals surface area contributed by atoms with Gasteiger partial charge in [-0.3, -0.25) is 4.90 Å². The largest absolute Gasteiger partial charge is 0.374 e. The molecule has 1 aromatic carbocycles. The molecule has 2 atom stereocenters.